The number of amides is 2. The Morgan fingerprint density at radius 1 is 1.07 bits per heavy atom. The molecule has 0 unspecified atom stereocenters. The first kappa shape index (κ1) is 38.4. The number of benzene rings is 2. The highest BCUT2D eigenvalue weighted by molar-refractivity contribution is 6.39. The maximum absolute atomic E-state index is 13.8. The van der Waals surface area contributed by atoms with Crippen molar-refractivity contribution in [2.45, 2.75) is 76.9 Å². The summed E-state index contributed by atoms with van der Waals surface area (Å²) in [7, 11) is 3.50. The zero-order valence-corrected chi connectivity index (χ0v) is 33.2. The van der Waals surface area contributed by atoms with Crippen LogP contribution in [0.15, 0.2) is 48.7 Å². The molecule has 2 saturated carbocycles. The molecule has 2 aliphatic carbocycles. The second-order valence-corrected chi connectivity index (χ2v) is 16.8. The fraction of sp³-hybridized carbons (Fsp3) is 0.452. The number of rotatable bonds is 13. The predicted octanol–water partition coefficient (Wildman–Crippen LogP) is 6.87. The average Bonchev–Trinajstić information content (AvgIpc) is 3.98. The van der Waals surface area contributed by atoms with Crippen LogP contribution in [0.2, 0.25) is 10.0 Å². The van der Waals surface area contributed by atoms with Gasteiger partial charge in [0.05, 0.1) is 39.6 Å². The van der Waals surface area contributed by atoms with Crippen molar-refractivity contribution >= 4 is 46.7 Å². The number of pyridine rings is 1. The van der Waals surface area contributed by atoms with Gasteiger partial charge in [-0.1, -0.05) is 47.5 Å². The van der Waals surface area contributed by atoms with Crippen molar-refractivity contribution in [1.29, 1.82) is 0 Å². The third-order valence-corrected chi connectivity index (χ3v) is 13.5. The molecule has 4 aromatic rings. The van der Waals surface area contributed by atoms with Crippen molar-refractivity contribution in [3.63, 3.8) is 0 Å². The molecule has 14 heteroatoms. The number of aromatic nitrogens is 3. The molecule has 4 aliphatic rings. The smallest absolute Gasteiger partial charge is 0.309 e. The molecule has 0 spiro atoms. The summed E-state index contributed by atoms with van der Waals surface area (Å²) in [6.07, 6.45) is 9.24. The van der Waals surface area contributed by atoms with Crippen LogP contribution in [0.1, 0.15) is 78.9 Å². The molecular formula is C42H47Cl2N7O5. The number of anilines is 1. The topological polar surface area (TPSA) is 151 Å². The van der Waals surface area contributed by atoms with E-state index in [1.165, 1.54) is 0 Å². The quantitative estimate of drug-likeness (QED) is 0.114. The van der Waals surface area contributed by atoms with Crippen LogP contribution < -0.4 is 20.7 Å². The van der Waals surface area contributed by atoms with Crippen LogP contribution in [0.3, 0.4) is 0 Å². The maximum Gasteiger partial charge on any atom is 0.309 e. The lowest BCUT2D eigenvalue weighted by Gasteiger charge is -2.32. The summed E-state index contributed by atoms with van der Waals surface area (Å²) in [5.74, 6) is 0.114. The van der Waals surface area contributed by atoms with Crippen molar-refractivity contribution in [2.24, 2.45) is 17.9 Å². The molecule has 56 heavy (non-hydrogen) atoms. The van der Waals surface area contributed by atoms with Gasteiger partial charge in [-0.15, -0.1) is 0 Å². The Balaban J connectivity index is 0.941. The molecule has 2 aromatic carbocycles. The van der Waals surface area contributed by atoms with Crippen LogP contribution in [0.25, 0.3) is 22.4 Å². The molecule has 294 valence electrons. The molecule has 0 radical (unpaired) electrons. The number of hydrogen-bond donors (Lipinski definition) is 4. The summed E-state index contributed by atoms with van der Waals surface area (Å²) in [4.78, 5) is 49.1. The first-order valence-corrected chi connectivity index (χ1v) is 20.2. The lowest BCUT2D eigenvalue weighted by molar-refractivity contribution is -0.148. The van der Waals surface area contributed by atoms with Crippen molar-refractivity contribution in [1.82, 2.24) is 30.1 Å². The van der Waals surface area contributed by atoms with Crippen LogP contribution in [0.4, 0.5) is 5.69 Å². The van der Waals surface area contributed by atoms with E-state index in [1.807, 2.05) is 41.9 Å². The Bertz CT molecular complexity index is 2200. The number of nitrogens with one attached hydrogen (secondary N) is 3. The number of imidazole rings is 1. The lowest BCUT2D eigenvalue weighted by atomic mass is 9.80. The fourth-order valence-electron chi connectivity index (χ4n) is 9.45. The highest BCUT2D eigenvalue weighted by Crippen LogP contribution is 2.63. The Morgan fingerprint density at radius 2 is 1.88 bits per heavy atom. The Labute approximate surface area is 336 Å². The van der Waals surface area contributed by atoms with E-state index in [2.05, 4.69) is 25.8 Å². The van der Waals surface area contributed by atoms with Crippen LogP contribution >= 0.6 is 23.2 Å². The number of carbonyl (C=O) groups is 3. The molecule has 2 amide bonds. The number of fused-ring (bicyclic) bond motifs is 3. The first-order chi connectivity index (χ1) is 27.0. The fourth-order valence-corrected chi connectivity index (χ4v) is 10.0. The van der Waals surface area contributed by atoms with Gasteiger partial charge in [-0.3, -0.25) is 24.3 Å². The molecule has 1 atom stereocenters. The number of carboxylic acid groups (broad SMARTS) is 1. The van der Waals surface area contributed by atoms with Crippen molar-refractivity contribution in [2.75, 3.05) is 32.1 Å². The number of aliphatic carboxylic acids is 1. The molecule has 12 nitrogen and oxygen atoms in total. The SMILES string of the molecule is COc1cc(-c2nccc(-c3cccc(NC(=O)c4nc5c(n4C)CCN(CCC46CCC(C(=O)O)(CC4)C6)C5)c3Cl)c2Cl)ccc1CNC[C@H]1CCC(=O)N1. The number of nitrogens with zero attached hydrogens (tertiary/aromatic N) is 4. The highest BCUT2D eigenvalue weighted by Gasteiger charge is 2.57. The number of carboxylic acids is 1. The predicted molar refractivity (Wildman–Crippen MR) is 215 cm³/mol. The number of carbonyl (C=O) groups excluding carboxylic acids is 2. The van der Waals surface area contributed by atoms with Gasteiger partial charge in [-0.05, 0) is 75.1 Å². The van der Waals surface area contributed by atoms with E-state index >= 15 is 0 Å². The van der Waals surface area contributed by atoms with Gasteiger partial charge in [0.2, 0.25) is 5.91 Å². The van der Waals surface area contributed by atoms with Gasteiger partial charge in [-0.25, -0.2) is 4.98 Å². The zero-order valence-electron chi connectivity index (χ0n) is 31.7. The van der Waals surface area contributed by atoms with E-state index < -0.39 is 11.4 Å². The number of ether oxygens (including phenoxy) is 1. The summed E-state index contributed by atoms with van der Waals surface area (Å²) in [5.41, 5.74) is 5.62. The Morgan fingerprint density at radius 3 is 2.61 bits per heavy atom. The Kier molecular flexibility index (Phi) is 10.6. The third-order valence-electron chi connectivity index (χ3n) is 12.7. The lowest BCUT2D eigenvalue weighted by Crippen LogP contribution is -2.35. The van der Waals surface area contributed by atoms with Gasteiger partial charge in [0, 0.05) is 86.3 Å². The van der Waals surface area contributed by atoms with E-state index in [0.29, 0.717) is 70.2 Å². The molecular weight excluding hydrogens is 753 g/mol. The summed E-state index contributed by atoms with van der Waals surface area (Å²) in [6, 6.07) is 13.2. The van der Waals surface area contributed by atoms with E-state index in [-0.39, 0.29) is 23.3 Å². The van der Waals surface area contributed by atoms with Crippen LogP contribution in [0, 0.1) is 10.8 Å². The van der Waals surface area contributed by atoms with Gasteiger partial charge in [0.15, 0.2) is 5.82 Å². The maximum atomic E-state index is 13.8. The molecule has 2 bridgehead atoms. The monoisotopic (exact) mass is 799 g/mol. The van der Waals surface area contributed by atoms with Crippen molar-refractivity contribution < 1.29 is 24.2 Å². The minimum atomic E-state index is -0.625. The van der Waals surface area contributed by atoms with Gasteiger partial charge in [0.25, 0.3) is 5.91 Å². The summed E-state index contributed by atoms with van der Waals surface area (Å²) < 4.78 is 7.61. The normalized spacial score (nSPS) is 22.9. The van der Waals surface area contributed by atoms with Crippen LogP contribution in [0.5, 0.6) is 5.75 Å². The van der Waals surface area contributed by atoms with E-state index in [1.54, 1.807) is 25.4 Å². The molecule has 3 fully saturated rings. The number of methoxy groups -OCH3 is 1. The zero-order chi connectivity index (χ0) is 39.2. The Hall–Kier alpha value is -4.49. The second-order valence-electron chi connectivity index (χ2n) is 16.0. The van der Waals surface area contributed by atoms with E-state index in [9.17, 15) is 19.5 Å². The van der Waals surface area contributed by atoms with Gasteiger partial charge >= 0.3 is 5.97 Å². The summed E-state index contributed by atoms with van der Waals surface area (Å²) >= 11 is 14.1. The van der Waals surface area contributed by atoms with Crippen LogP contribution in [-0.4, -0.2) is 75.1 Å². The van der Waals surface area contributed by atoms with Gasteiger partial charge < -0.3 is 30.4 Å². The van der Waals surface area contributed by atoms with Gasteiger partial charge in [0.1, 0.15) is 5.75 Å². The van der Waals surface area contributed by atoms with Crippen LogP contribution in [-0.2, 0) is 36.1 Å². The highest BCUT2D eigenvalue weighted by atomic mass is 35.5. The minimum absolute atomic E-state index is 0.0935. The largest absolute Gasteiger partial charge is 0.496 e. The van der Waals surface area contributed by atoms with Gasteiger partial charge in [-0.2, -0.15) is 0 Å². The van der Waals surface area contributed by atoms with E-state index in [0.717, 1.165) is 87.0 Å². The number of halogens is 2. The molecule has 2 aromatic heterocycles. The molecule has 1 saturated heterocycles. The molecule has 8 rings (SSSR count). The standard InChI is InChI=1S/C42H47Cl2N7O5/c1-50-32-11-18-51(19-16-41-12-14-42(24-41,15-13-41)40(54)55)23-31(32)48-38(50)39(53)49-30-5-3-4-28(35(30)43)29-10-17-46-37(36(29)44)25-6-7-26(33(20-25)56-2)21-45-22-27-8-9-34(52)47-27/h3-7,10,17,20,27,45H,8-9,11-16,18-19,21-24H2,1-2H3,(H,47,52)(H,49,53)(H,54,55)/t27-,41?,42?/m1/s1. The second kappa shape index (κ2) is 15.5. The average molecular weight is 801 g/mol. The third kappa shape index (κ3) is 7.28. The van der Waals surface area contributed by atoms with Crippen molar-refractivity contribution in [3.8, 4) is 28.1 Å². The minimum Gasteiger partial charge on any atom is -0.496 e. The first-order valence-electron chi connectivity index (χ1n) is 19.4. The molecule has 4 N–H and O–H groups in total. The number of hydrogen-bond acceptors (Lipinski definition) is 8. The summed E-state index contributed by atoms with van der Waals surface area (Å²) in [5, 5.41) is 20.0. The molecule has 2 aliphatic heterocycles. The summed E-state index contributed by atoms with van der Waals surface area (Å²) in [6.45, 7) is 3.67. The molecule has 4 heterocycles. The van der Waals surface area contributed by atoms with Crippen molar-refractivity contribution in [3.05, 3.63) is 81.5 Å². The van der Waals surface area contributed by atoms with E-state index in [4.69, 9.17) is 32.9 Å².